The Kier molecular flexibility index (Phi) is 9.66. The summed E-state index contributed by atoms with van der Waals surface area (Å²) >= 11 is 0. The highest BCUT2D eigenvalue weighted by Gasteiger charge is 2.00. The zero-order chi connectivity index (χ0) is 15.4. The number of rotatable bonds is 3. The van der Waals surface area contributed by atoms with Crippen molar-refractivity contribution in [2.45, 2.75) is 41.2 Å². The van der Waals surface area contributed by atoms with Gasteiger partial charge < -0.3 is 0 Å². The smallest absolute Gasteiger partial charge is 0.125 e. The predicted octanol–water partition coefficient (Wildman–Crippen LogP) is 4.77. The Morgan fingerprint density at radius 3 is 2.00 bits per heavy atom. The molecule has 0 saturated heterocycles. The van der Waals surface area contributed by atoms with E-state index in [0.29, 0.717) is 5.69 Å². The highest BCUT2D eigenvalue weighted by atomic mass is 16.3. The number of benzene rings is 1. The maximum atomic E-state index is 10.0. The lowest BCUT2D eigenvalue weighted by Gasteiger charge is -2.01. The van der Waals surface area contributed by atoms with Crippen molar-refractivity contribution in [1.82, 2.24) is 9.97 Å². The van der Waals surface area contributed by atoms with Crippen molar-refractivity contribution in [1.29, 1.82) is 0 Å². The van der Waals surface area contributed by atoms with Crippen molar-refractivity contribution in [2.24, 2.45) is 5.18 Å². The van der Waals surface area contributed by atoms with Crippen LogP contribution in [0.1, 0.15) is 39.0 Å². The molecule has 0 aliphatic rings. The summed E-state index contributed by atoms with van der Waals surface area (Å²) in [6.07, 6.45) is 3.24. The first-order valence-corrected chi connectivity index (χ1v) is 6.96. The lowest BCUT2D eigenvalue weighted by molar-refractivity contribution is 0.958. The molecule has 20 heavy (non-hydrogen) atoms. The van der Waals surface area contributed by atoms with Gasteiger partial charge in [0.15, 0.2) is 0 Å². The van der Waals surface area contributed by atoms with Gasteiger partial charge >= 0.3 is 0 Å². The molecule has 0 bridgehead atoms. The number of aryl methyl sites for hydroxylation is 1. The molecule has 1 aromatic carbocycles. The van der Waals surface area contributed by atoms with Crippen LogP contribution in [0.15, 0.2) is 41.8 Å². The number of aromatic nitrogens is 2. The molecular formula is C16H23N3O. The molecule has 0 radical (unpaired) electrons. The minimum atomic E-state index is 0.0706. The lowest BCUT2D eigenvalue weighted by atomic mass is 10.1. The van der Waals surface area contributed by atoms with Crippen LogP contribution in [0.4, 0.5) is 0 Å². The molecule has 1 heterocycles. The fourth-order valence-corrected chi connectivity index (χ4v) is 1.38. The molecule has 4 nitrogen and oxygen atoms in total. The van der Waals surface area contributed by atoms with Crippen molar-refractivity contribution < 1.29 is 0 Å². The van der Waals surface area contributed by atoms with Gasteiger partial charge in [0.2, 0.25) is 0 Å². The molecule has 0 atom stereocenters. The third kappa shape index (κ3) is 5.69. The van der Waals surface area contributed by atoms with Crippen LogP contribution in [0, 0.1) is 11.8 Å². The van der Waals surface area contributed by atoms with Crippen LogP contribution in [0.2, 0.25) is 0 Å². The van der Waals surface area contributed by atoms with E-state index in [1.165, 1.54) is 5.56 Å². The van der Waals surface area contributed by atoms with Crippen molar-refractivity contribution in [3.63, 3.8) is 0 Å². The molecule has 2 aromatic rings. The SMILES string of the molecule is CC.CC.Cc1ccc(-c2cnc(CN=O)cn2)cc1. The number of nitrogens with zero attached hydrogens (tertiary/aromatic N) is 3. The van der Waals surface area contributed by atoms with Gasteiger partial charge in [-0.25, -0.2) is 0 Å². The van der Waals surface area contributed by atoms with E-state index in [0.717, 1.165) is 11.3 Å². The first-order valence-electron chi connectivity index (χ1n) is 6.96. The molecule has 0 aliphatic carbocycles. The monoisotopic (exact) mass is 273 g/mol. The number of nitroso groups, excluding NO2 is 1. The molecule has 1 aromatic heterocycles. The standard InChI is InChI=1S/C12H11N3O.2C2H6/c1-9-2-4-10(5-3-9)12-8-13-11(6-14-12)7-15-16;2*1-2/h2-6,8H,7H2,1H3;2*1-2H3. The van der Waals surface area contributed by atoms with Crippen LogP contribution >= 0.6 is 0 Å². The van der Waals surface area contributed by atoms with Crippen molar-refractivity contribution in [3.05, 3.63) is 52.8 Å². The summed E-state index contributed by atoms with van der Waals surface area (Å²) in [5.41, 5.74) is 3.61. The van der Waals surface area contributed by atoms with Crippen LogP contribution in [0.3, 0.4) is 0 Å². The first kappa shape index (κ1) is 17.9. The minimum Gasteiger partial charge on any atom is -0.255 e. The third-order valence-electron chi connectivity index (χ3n) is 2.28. The zero-order valence-corrected chi connectivity index (χ0v) is 12.9. The highest BCUT2D eigenvalue weighted by Crippen LogP contribution is 2.16. The topological polar surface area (TPSA) is 55.2 Å². The maximum Gasteiger partial charge on any atom is 0.125 e. The van der Waals surface area contributed by atoms with Crippen molar-refractivity contribution >= 4 is 0 Å². The van der Waals surface area contributed by atoms with E-state index in [1.54, 1.807) is 12.4 Å². The van der Waals surface area contributed by atoms with Gasteiger partial charge in [0.1, 0.15) is 6.54 Å². The molecule has 0 N–H and O–H groups in total. The second kappa shape index (κ2) is 10.8. The highest BCUT2D eigenvalue weighted by molar-refractivity contribution is 5.58. The van der Waals surface area contributed by atoms with E-state index in [-0.39, 0.29) is 6.54 Å². The number of hydrogen-bond donors (Lipinski definition) is 0. The summed E-state index contributed by atoms with van der Waals surface area (Å²) in [4.78, 5) is 18.4. The van der Waals surface area contributed by atoms with Crippen LogP contribution in [0.25, 0.3) is 11.3 Å². The Morgan fingerprint density at radius 1 is 0.950 bits per heavy atom. The molecule has 0 amide bonds. The van der Waals surface area contributed by atoms with E-state index in [9.17, 15) is 4.91 Å². The summed E-state index contributed by atoms with van der Waals surface area (Å²) in [6.45, 7) is 10.1. The van der Waals surface area contributed by atoms with Gasteiger partial charge in [-0.05, 0) is 6.92 Å². The fourth-order valence-electron chi connectivity index (χ4n) is 1.38. The van der Waals surface area contributed by atoms with E-state index in [2.05, 4.69) is 15.1 Å². The summed E-state index contributed by atoms with van der Waals surface area (Å²) in [5, 5.41) is 2.77. The van der Waals surface area contributed by atoms with Crippen molar-refractivity contribution in [2.75, 3.05) is 0 Å². The molecule has 0 fully saturated rings. The van der Waals surface area contributed by atoms with Gasteiger partial charge in [0, 0.05) is 5.56 Å². The van der Waals surface area contributed by atoms with Crippen LogP contribution < -0.4 is 0 Å². The normalized spacial score (nSPS) is 8.65. The largest absolute Gasteiger partial charge is 0.255 e. The second-order valence-electron chi connectivity index (χ2n) is 3.55. The molecule has 0 aliphatic heterocycles. The zero-order valence-electron chi connectivity index (χ0n) is 12.9. The molecule has 2 rings (SSSR count). The predicted molar refractivity (Wildman–Crippen MR) is 84.4 cm³/mol. The lowest BCUT2D eigenvalue weighted by Crippen LogP contribution is -1.91. The Bertz CT molecular complexity index is 478. The second-order valence-corrected chi connectivity index (χ2v) is 3.55. The molecule has 0 spiro atoms. The van der Waals surface area contributed by atoms with Crippen LogP contribution in [0.5, 0.6) is 0 Å². The molecule has 0 unspecified atom stereocenters. The van der Waals surface area contributed by atoms with Crippen molar-refractivity contribution in [3.8, 4) is 11.3 Å². The van der Waals surface area contributed by atoms with Gasteiger partial charge in [-0.15, -0.1) is 0 Å². The molecule has 4 heteroatoms. The molecular weight excluding hydrogens is 250 g/mol. The summed E-state index contributed by atoms with van der Waals surface area (Å²) in [5.74, 6) is 0. The summed E-state index contributed by atoms with van der Waals surface area (Å²) < 4.78 is 0. The number of hydrogen-bond acceptors (Lipinski definition) is 4. The Balaban J connectivity index is 0.000000829. The fraction of sp³-hybridized carbons (Fsp3) is 0.375. The quantitative estimate of drug-likeness (QED) is 0.757. The van der Waals surface area contributed by atoms with E-state index >= 15 is 0 Å². The van der Waals surface area contributed by atoms with Gasteiger partial charge in [0.05, 0.1) is 23.8 Å². The Morgan fingerprint density at radius 2 is 1.55 bits per heavy atom. The molecule has 108 valence electrons. The van der Waals surface area contributed by atoms with E-state index in [4.69, 9.17) is 0 Å². The average molecular weight is 273 g/mol. The third-order valence-corrected chi connectivity index (χ3v) is 2.28. The van der Waals surface area contributed by atoms with Gasteiger partial charge in [-0.3, -0.25) is 9.97 Å². The Hall–Kier alpha value is -2.10. The average Bonchev–Trinajstić information content (AvgIpc) is 2.53. The van der Waals surface area contributed by atoms with Gasteiger partial charge in [-0.1, -0.05) is 62.7 Å². The van der Waals surface area contributed by atoms with Gasteiger partial charge in [0.25, 0.3) is 0 Å². The summed E-state index contributed by atoms with van der Waals surface area (Å²) in [6, 6.07) is 8.05. The minimum absolute atomic E-state index is 0.0706. The van der Waals surface area contributed by atoms with E-state index < -0.39 is 0 Å². The maximum absolute atomic E-state index is 10.0. The molecule has 0 saturated carbocycles. The Labute approximate surface area is 121 Å². The first-order chi connectivity index (χ1) is 9.79. The summed E-state index contributed by atoms with van der Waals surface area (Å²) in [7, 11) is 0. The van der Waals surface area contributed by atoms with Crippen LogP contribution in [-0.2, 0) is 6.54 Å². The van der Waals surface area contributed by atoms with E-state index in [1.807, 2.05) is 58.9 Å². The van der Waals surface area contributed by atoms with Crippen LogP contribution in [-0.4, -0.2) is 9.97 Å². The van der Waals surface area contributed by atoms with Gasteiger partial charge in [-0.2, -0.15) is 4.91 Å².